The number of nitrogens with zero attached hydrogens (tertiary/aromatic N) is 3. The van der Waals surface area contributed by atoms with Crippen molar-refractivity contribution >= 4 is 68.0 Å². The van der Waals surface area contributed by atoms with Crippen LogP contribution in [0.5, 0.6) is 5.75 Å². The minimum Gasteiger partial charge on any atom is -0.491 e. The van der Waals surface area contributed by atoms with Gasteiger partial charge in [0.1, 0.15) is 18.5 Å². The zero-order valence-electron chi connectivity index (χ0n) is 18.6. The molecule has 1 aliphatic heterocycles. The molecule has 3 aromatic rings. The molecule has 1 saturated heterocycles. The Hall–Kier alpha value is -1.65. The van der Waals surface area contributed by atoms with E-state index in [4.69, 9.17) is 39.5 Å². The van der Waals surface area contributed by atoms with E-state index in [9.17, 15) is 9.90 Å². The predicted octanol–water partition coefficient (Wildman–Crippen LogP) is 4.56. The van der Waals surface area contributed by atoms with E-state index in [1.807, 2.05) is 25.1 Å². The van der Waals surface area contributed by atoms with Crippen LogP contribution in [0.25, 0.3) is 10.2 Å². The number of hydrogen-bond acceptors (Lipinski definition) is 7. The number of amides is 1. The van der Waals surface area contributed by atoms with Gasteiger partial charge in [0.15, 0.2) is 0 Å². The number of carbonyl (C=O) groups is 1. The summed E-state index contributed by atoms with van der Waals surface area (Å²) < 4.78 is 6.90. The Labute approximate surface area is 217 Å². The van der Waals surface area contributed by atoms with Crippen molar-refractivity contribution in [3.63, 3.8) is 0 Å². The standard InChI is InChI=1S/C23H25Cl3N4O3S/c1-14-27-20-10-17(2-3-21(20)34-14)33-13-16(31)11-29-4-6-30(7-5-29)12-22(32)28-15-8-18(24)23(26)19(25)9-15/h2-3,8-10,16,31H,4-7,11-13H2,1H3,(H,28,32)/t16-/m1/s1. The number of thiazole rings is 1. The van der Waals surface area contributed by atoms with Crippen LogP contribution in [0.3, 0.4) is 0 Å². The topological polar surface area (TPSA) is 77.9 Å². The second-order valence-corrected chi connectivity index (χ2v) is 10.6. The summed E-state index contributed by atoms with van der Waals surface area (Å²) >= 11 is 19.6. The number of β-amino-alcohol motifs (C(OH)–C–C–N with tert-alkyl or cyclic N) is 1. The number of fused-ring (bicyclic) bond motifs is 1. The third-order valence-electron chi connectivity index (χ3n) is 5.48. The molecule has 0 unspecified atom stereocenters. The number of hydrogen-bond donors (Lipinski definition) is 2. The van der Waals surface area contributed by atoms with Gasteiger partial charge in [-0.1, -0.05) is 34.8 Å². The van der Waals surface area contributed by atoms with Crippen molar-refractivity contribution in [2.24, 2.45) is 0 Å². The molecule has 0 aliphatic carbocycles. The van der Waals surface area contributed by atoms with Crippen LogP contribution in [0.4, 0.5) is 5.69 Å². The first-order valence-corrected chi connectivity index (χ1v) is 12.8. The van der Waals surface area contributed by atoms with Gasteiger partial charge < -0.3 is 15.2 Å². The predicted molar refractivity (Wildman–Crippen MR) is 139 cm³/mol. The third-order valence-corrected chi connectivity index (χ3v) is 7.63. The molecule has 7 nitrogen and oxygen atoms in total. The van der Waals surface area contributed by atoms with Gasteiger partial charge in [-0.3, -0.25) is 14.6 Å². The number of aryl methyl sites for hydroxylation is 1. The van der Waals surface area contributed by atoms with Gasteiger partial charge in [0.2, 0.25) is 5.91 Å². The molecule has 0 bridgehead atoms. The van der Waals surface area contributed by atoms with Crippen molar-refractivity contribution in [2.45, 2.75) is 13.0 Å². The van der Waals surface area contributed by atoms with Gasteiger partial charge in [-0.15, -0.1) is 11.3 Å². The molecule has 0 spiro atoms. The highest BCUT2D eigenvalue weighted by Crippen LogP contribution is 2.33. The summed E-state index contributed by atoms with van der Waals surface area (Å²) in [6.07, 6.45) is -0.609. The minimum absolute atomic E-state index is 0.149. The molecule has 1 amide bonds. The van der Waals surface area contributed by atoms with Gasteiger partial charge in [0.05, 0.1) is 36.8 Å². The van der Waals surface area contributed by atoms with Gasteiger partial charge in [0.25, 0.3) is 0 Å². The average molecular weight is 544 g/mol. The Morgan fingerprint density at radius 1 is 1.15 bits per heavy atom. The third kappa shape index (κ3) is 6.73. The molecule has 0 radical (unpaired) electrons. The summed E-state index contributed by atoms with van der Waals surface area (Å²) in [6.45, 7) is 5.93. The first kappa shape index (κ1) is 25.4. The number of aliphatic hydroxyl groups is 1. The molecule has 1 aromatic heterocycles. The van der Waals surface area contributed by atoms with Crippen LogP contribution in [0.15, 0.2) is 30.3 Å². The molecule has 1 aliphatic rings. The lowest BCUT2D eigenvalue weighted by molar-refractivity contribution is -0.117. The minimum atomic E-state index is -0.609. The number of benzene rings is 2. The number of rotatable bonds is 8. The maximum atomic E-state index is 12.4. The molecule has 4 rings (SSSR count). The fourth-order valence-electron chi connectivity index (χ4n) is 3.82. The summed E-state index contributed by atoms with van der Waals surface area (Å²) in [7, 11) is 0. The van der Waals surface area contributed by atoms with Crippen LogP contribution in [-0.2, 0) is 4.79 Å². The number of halogens is 3. The van der Waals surface area contributed by atoms with E-state index in [0.717, 1.165) is 41.4 Å². The average Bonchev–Trinajstić information content (AvgIpc) is 3.16. The first-order chi connectivity index (χ1) is 16.3. The van der Waals surface area contributed by atoms with Crippen molar-refractivity contribution in [1.82, 2.24) is 14.8 Å². The Morgan fingerprint density at radius 2 is 1.82 bits per heavy atom. The lowest BCUT2D eigenvalue weighted by Gasteiger charge is -2.35. The Kier molecular flexibility index (Phi) is 8.52. The number of ether oxygens (including phenoxy) is 1. The van der Waals surface area contributed by atoms with E-state index in [2.05, 4.69) is 20.1 Å². The maximum absolute atomic E-state index is 12.4. The van der Waals surface area contributed by atoms with E-state index in [0.29, 0.717) is 28.0 Å². The largest absolute Gasteiger partial charge is 0.491 e. The number of anilines is 1. The molecule has 182 valence electrons. The van der Waals surface area contributed by atoms with Gasteiger partial charge in [-0.25, -0.2) is 4.98 Å². The molecule has 0 saturated carbocycles. The van der Waals surface area contributed by atoms with Crippen LogP contribution in [0, 0.1) is 6.92 Å². The molecule has 1 atom stereocenters. The summed E-state index contributed by atoms with van der Waals surface area (Å²) in [6, 6.07) is 8.95. The SMILES string of the molecule is Cc1nc2cc(OC[C@H](O)CN3CCN(CC(=O)Nc4cc(Cl)c(Cl)c(Cl)c4)CC3)ccc2s1. The molecule has 34 heavy (non-hydrogen) atoms. The monoisotopic (exact) mass is 542 g/mol. The first-order valence-electron chi connectivity index (χ1n) is 10.8. The highest BCUT2D eigenvalue weighted by molar-refractivity contribution is 7.18. The molecular weight excluding hydrogens is 519 g/mol. The van der Waals surface area contributed by atoms with Crippen molar-refractivity contribution in [2.75, 3.05) is 51.2 Å². The zero-order valence-corrected chi connectivity index (χ0v) is 21.6. The Balaban J connectivity index is 1.18. The van der Waals surface area contributed by atoms with Crippen molar-refractivity contribution in [1.29, 1.82) is 0 Å². The molecule has 2 N–H and O–H groups in total. The summed E-state index contributed by atoms with van der Waals surface area (Å²) in [5, 5.41) is 15.1. The van der Waals surface area contributed by atoms with E-state index in [1.54, 1.807) is 23.5 Å². The lowest BCUT2D eigenvalue weighted by Crippen LogP contribution is -2.50. The zero-order chi connectivity index (χ0) is 24.2. The second kappa shape index (κ2) is 11.4. The van der Waals surface area contributed by atoms with Crippen molar-refractivity contribution in [3.05, 3.63) is 50.4 Å². The van der Waals surface area contributed by atoms with Crippen molar-refractivity contribution in [3.8, 4) is 5.75 Å². The number of aromatic nitrogens is 1. The molecule has 1 fully saturated rings. The smallest absolute Gasteiger partial charge is 0.238 e. The maximum Gasteiger partial charge on any atom is 0.238 e. The quantitative estimate of drug-likeness (QED) is 0.406. The van der Waals surface area contributed by atoms with Crippen LogP contribution >= 0.6 is 46.1 Å². The number of nitrogens with one attached hydrogen (secondary N) is 1. The number of aliphatic hydroxyl groups excluding tert-OH is 1. The second-order valence-electron chi connectivity index (χ2n) is 8.21. The van der Waals surface area contributed by atoms with Crippen LogP contribution < -0.4 is 10.1 Å². The molecular formula is C23H25Cl3N4O3S. The van der Waals surface area contributed by atoms with Crippen molar-refractivity contribution < 1.29 is 14.6 Å². The molecule has 2 heterocycles. The van der Waals surface area contributed by atoms with Gasteiger partial charge in [-0.05, 0) is 31.2 Å². The summed E-state index contributed by atoms with van der Waals surface area (Å²) in [4.78, 5) is 21.1. The van der Waals surface area contributed by atoms with Crippen LogP contribution in [0.2, 0.25) is 15.1 Å². The molecule has 11 heteroatoms. The van der Waals surface area contributed by atoms with E-state index < -0.39 is 6.10 Å². The fourth-order valence-corrected chi connectivity index (χ4v) is 5.22. The van der Waals surface area contributed by atoms with Gasteiger partial charge in [-0.2, -0.15) is 0 Å². The van der Waals surface area contributed by atoms with E-state index in [-0.39, 0.29) is 24.1 Å². The lowest BCUT2D eigenvalue weighted by atomic mass is 10.2. The number of piperazine rings is 1. The highest BCUT2D eigenvalue weighted by atomic mass is 35.5. The Morgan fingerprint density at radius 3 is 2.53 bits per heavy atom. The number of carbonyl (C=O) groups excluding carboxylic acids is 1. The van der Waals surface area contributed by atoms with E-state index >= 15 is 0 Å². The van der Waals surface area contributed by atoms with E-state index in [1.165, 1.54) is 0 Å². The van der Waals surface area contributed by atoms with Gasteiger partial charge >= 0.3 is 0 Å². The highest BCUT2D eigenvalue weighted by Gasteiger charge is 2.21. The molecule has 2 aromatic carbocycles. The summed E-state index contributed by atoms with van der Waals surface area (Å²) in [5.41, 5.74) is 1.42. The van der Waals surface area contributed by atoms with Crippen LogP contribution in [-0.4, -0.2) is 77.8 Å². The Bertz CT molecular complexity index is 1140. The van der Waals surface area contributed by atoms with Gasteiger partial charge in [0, 0.05) is 44.5 Å². The fraction of sp³-hybridized carbons (Fsp3) is 0.391. The van der Waals surface area contributed by atoms with Crippen LogP contribution in [0.1, 0.15) is 5.01 Å². The normalized spacial score (nSPS) is 16.0. The summed E-state index contributed by atoms with van der Waals surface area (Å²) in [5.74, 6) is 0.555.